The molecule has 1 saturated heterocycles. The molecule has 0 unspecified atom stereocenters. The standard InChI is InChI=1S/C17H25N3O2S/c1-3-20(13(2)21)12-14-6-4-5-7-16(14)19-17(22)18-15-8-10-23-11-9-15/h4-7,15H,3,8-12H2,1-2H3,(H2,18,19,22). The minimum Gasteiger partial charge on any atom is -0.339 e. The molecule has 0 bridgehead atoms. The van der Waals surface area contributed by atoms with Crippen molar-refractivity contribution in [3.05, 3.63) is 29.8 Å². The zero-order chi connectivity index (χ0) is 16.7. The van der Waals surface area contributed by atoms with Gasteiger partial charge in [0, 0.05) is 31.7 Å². The van der Waals surface area contributed by atoms with Crippen molar-refractivity contribution in [2.45, 2.75) is 39.3 Å². The molecule has 3 amide bonds. The number of nitrogens with zero attached hydrogens (tertiary/aromatic N) is 1. The predicted octanol–water partition coefficient (Wildman–Crippen LogP) is 3.07. The van der Waals surface area contributed by atoms with Crippen LogP contribution < -0.4 is 10.6 Å². The Morgan fingerprint density at radius 3 is 2.61 bits per heavy atom. The van der Waals surface area contributed by atoms with Crippen molar-refractivity contribution < 1.29 is 9.59 Å². The molecule has 23 heavy (non-hydrogen) atoms. The number of nitrogens with one attached hydrogen (secondary N) is 2. The molecule has 2 N–H and O–H groups in total. The molecule has 1 aliphatic heterocycles. The van der Waals surface area contributed by atoms with Crippen molar-refractivity contribution in [1.82, 2.24) is 10.2 Å². The van der Waals surface area contributed by atoms with Gasteiger partial charge in [-0.2, -0.15) is 11.8 Å². The van der Waals surface area contributed by atoms with Crippen LogP contribution in [-0.4, -0.2) is 40.9 Å². The zero-order valence-corrected chi connectivity index (χ0v) is 14.6. The first-order chi connectivity index (χ1) is 11.1. The van der Waals surface area contributed by atoms with Gasteiger partial charge in [0.1, 0.15) is 0 Å². The van der Waals surface area contributed by atoms with Gasteiger partial charge in [0.25, 0.3) is 0 Å². The third kappa shape index (κ3) is 5.46. The van der Waals surface area contributed by atoms with Crippen LogP contribution in [0.15, 0.2) is 24.3 Å². The monoisotopic (exact) mass is 335 g/mol. The van der Waals surface area contributed by atoms with E-state index in [9.17, 15) is 9.59 Å². The smallest absolute Gasteiger partial charge is 0.319 e. The van der Waals surface area contributed by atoms with Crippen LogP contribution in [0, 0.1) is 0 Å². The molecule has 0 aromatic heterocycles. The highest BCUT2D eigenvalue weighted by Gasteiger charge is 2.17. The van der Waals surface area contributed by atoms with Gasteiger partial charge in [0.05, 0.1) is 0 Å². The summed E-state index contributed by atoms with van der Waals surface area (Å²) in [5, 5.41) is 5.97. The van der Waals surface area contributed by atoms with Crippen LogP contribution in [0.4, 0.5) is 10.5 Å². The molecule has 0 atom stereocenters. The van der Waals surface area contributed by atoms with E-state index in [2.05, 4.69) is 10.6 Å². The number of urea groups is 1. The summed E-state index contributed by atoms with van der Waals surface area (Å²) in [4.78, 5) is 25.6. The van der Waals surface area contributed by atoms with Gasteiger partial charge in [-0.15, -0.1) is 0 Å². The van der Waals surface area contributed by atoms with Gasteiger partial charge in [-0.25, -0.2) is 4.79 Å². The number of hydrogen-bond acceptors (Lipinski definition) is 3. The number of para-hydroxylation sites is 1. The third-order valence-electron chi connectivity index (χ3n) is 4.01. The zero-order valence-electron chi connectivity index (χ0n) is 13.8. The molecule has 2 rings (SSSR count). The predicted molar refractivity (Wildman–Crippen MR) is 95.7 cm³/mol. The summed E-state index contributed by atoms with van der Waals surface area (Å²) in [6, 6.07) is 7.72. The molecule has 5 nitrogen and oxygen atoms in total. The van der Waals surface area contributed by atoms with Gasteiger partial charge in [0.2, 0.25) is 5.91 Å². The van der Waals surface area contributed by atoms with Crippen LogP contribution in [0.25, 0.3) is 0 Å². The molecule has 0 saturated carbocycles. The minimum atomic E-state index is -0.166. The normalized spacial score (nSPS) is 15.0. The summed E-state index contributed by atoms with van der Waals surface area (Å²) in [5.74, 6) is 2.24. The van der Waals surface area contributed by atoms with Crippen LogP contribution in [0.5, 0.6) is 0 Å². The Labute approximate surface area is 142 Å². The summed E-state index contributed by atoms with van der Waals surface area (Å²) >= 11 is 1.94. The van der Waals surface area contributed by atoms with Crippen molar-refractivity contribution in [3.63, 3.8) is 0 Å². The van der Waals surface area contributed by atoms with Crippen molar-refractivity contribution in [2.24, 2.45) is 0 Å². The fourth-order valence-corrected chi connectivity index (χ4v) is 3.72. The number of thioether (sulfide) groups is 1. The van der Waals surface area contributed by atoms with Crippen LogP contribution >= 0.6 is 11.8 Å². The number of hydrogen-bond donors (Lipinski definition) is 2. The molecule has 6 heteroatoms. The Bertz CT molecular complexity index is 544. The van der Waals surface area contributed by atoms with Crippen LogP contribution in [0.2, 0.25) is 0 Å². The Balaban J connectivity index is 1.98. The number of benzene rings is 1. The van der Waals surface area contributed by atoms with E-state index in [1.165, 1.54) is 0 Å². The second-order valence-corrected chi connectivity index (χ2v) is 6.90. The van der Waals surface area contributed by atoms with E-state index in [1.54, 1.807) is 11.8 Å². The Kier molecular flexibility index (Phi) is 6.77. The van der Waals surface area contributed by atoms with Crippen LogP contribution in [0.1, 0.15) is 32.3 Å². The maximum atomic E-state index is 12.2. The lowest BCUT2D eigenvalue weighted by molar-refractivity contribution is -0.129. The largest absolute Gasteiger partial charge is 0.339 e. The van der Waals surface area contributed by atoms with E-state index in [1.807, 2.05) is 43.0 Å². The van der Waals surface area contributed by atoms with E-state index in [4.69, 9.17) is 0 Å². The SMILES string of the molecule is CCN(Cc1ccccc1NC(=O)NC1CCSCC1)C(C)=O. The summed E-state index contributed by atoms with van der Waals surface area (Å²) in [6.45, 7) is 4.66. The third-order valence-corrected chi connectivity index (χ3v) is 5.06. The average Bonchev–Trinajstić information content (AvgIpc) is 2.54. The molecule has 0 spiro atoms. The van der Waals surface area contributed by atoms with E-state index >= 15 is 0 Å². The van der Waals surface area contributed by atoms with E-state index in [0.717, 1.165) is 35.6 Å². The van der Waals surface area contributed by atoms with E-state index in [0.29, 0.717) is 13.1 Å². The van der Waals surface area contributed by atoms with Crippen molar-refractivity contribution in [1.29, 1.82) is 0 Å². The molecule has 1 fully saturated rings. The van der Waals surface area contributed by atoms with Gasteiger partial charge in [-0.3, -0.25) is 4.79 Å². The molecule has 126 valence electrons. The molecule has 1 aromatic carbocycles. The maximum absolute atomic E-state index is 12.2. The average molecular weight is 335 g/mol. The van der Waals surface area contributed by atoms with Gasteiger partial charge in [0.15, 0.2) is 0 Å². The highest BCUT2D eigenvalue weighted by Crippen LogP contribution is 2.19. The summed E-state index contributed by atoms with van der Waals surface area (Å²) in [7, 11) is 0. The summed E-state index contributed by atoms with van der Waals surface area (Å²) < 4.78 is 0. The summed E-state index contributed by atoms with van der Waals surface area (Å²) in [5.41, 5.74) is 1.70. The second-order valence-electron chi connectivity index (χ2n) is 5.68. The fraction of sp³-hybridized carbons (Fsp3) is 0.529. The number of carbonyl (C=O) groups excluding carboxylic acids is 2. The number of rotatable bonds is 5. The molecule has 1 aromatic rings. The van der Waals surface area contributed by atoms with Crippen molar-refractivity contribution in [2.75, 3.05) is 23.4 Å². The summed E-state index contributed by atoms with van der Waals surface area (Å²) in [6.07, 6.45) is 2.04. The van der Waals surface area contributed by atoms with Gasteiger partial charge >= 0.3 is 6.03 Å². The molecule has 0 aliphatic carbocycles. The fourth-order valence-electron chi connectivity index (χ4n) is 2.62. The quantitative estimate of drug-likeness (QED) is 0.869. The highest BCUT2D eigenvalue weighted by atomic mass is 32.2. The molecular formula is C17H25N3O2S. The van der Waals surface area contributed by atoms with Crippen LogP contribution in [-0.2, 0) is 11.3 Å². The number of amides is 3. The lowest BCUT2D eigenvalue weighted by Gasteiger charge is -2.24. The lowest BCUT2D eigenvalue weighted by atomic mass is 10.1. The van der Waals surface area contributed by atoms with E-state index < -0.39 is 0 Å². The maximum Gasteiger partial charge on any atom is 0.319 e. The first-order valence-corrected chi connectivity index (χ1v) is 9.24. The Hall–Kier alpha value is -1.69. The molecule has 0 radical (unpaired) electrons. The van der Waals surface area contributed by atoms with Gasteiger partial charge in [-0.1, -0.05) is 18.2 Å². The highest BCUT2D eigenvalue weighted by molar-refractivity contribution is 7.99. The second kappa shape index (κ2) is 8.82. The first kappa shape index (κ1) is 17.7. The topological polar surface area (TPSA) is 61.4 Å². The lowest BCUT2D eigenvalue weighted by Crippen LogP contribution is -2.40. The van der Waals surface area contributed by atoms with Gasteiger partial charge < -0.3 is 15.5 Å². The Morgan fingerprint density at radius 1 is 1.26 bits per heavy atom. The Morgan fingerprint density at radius 2 is 1.96 bits per heavy atom. The van der Waals surface area contributed by atoms with Crippen LogP contribution in [0.3, 0.4) is 0 Å². The molecular weight excluding hydrogens is 310 g/mol. The number of carbonyl (C=O) groups is 2. The molecule has 1 aliphatic rings. The number of anilines is 1. The van der Waals surface area contributed by atoms with Crippen molar-refractivity contribution >= 4 is 29.4 Å². The first-order valence-electron chi connectivity index (χ1n) is 8.08. The van der Waals surface area contributed by atoms with Crippen molar-refractivity contribution in [3.8, 4) is 0 Å². The van der Waals surface area contributed by atoms with E-state index in [-0.39, 0.29) is 18.0 Å². The molecule has 1 heterocycles. The van der Waals surface area contributed by atoms with Gasteiger partial charge in [-0.05, 0) is 42.9 Å². The minimum absolute atomic E-state index is 0.0338.